The molecular formula is C9H18N2O5S. The van der Waals surface area contributed by atoms with Crippen molar-refractivity contribution < 1.29 is 23.1 Å². The number of nitrogens with zero attached hydrogens (tertiary/aromatic N) is 1. The summed E-state index contributed by atoms with van der Waals surface area (Å²) in [6, 6.07) is 0. The number of carbonyl (C=O) groups excluding carboxylic acids is 1. The Hall–Kier alpha value is -1.15. The third-order valence-corrected chi connectivity index (χ3v) is 3.65. The maximum Gasteiger partial charge on any atom is 0.304 e. The highest BCUT2D eigenvalue weighted by Crippen LogP contribution is 2.07. The predicted octanol–water partition coefficient (Wildman–Crippen LogP) is -0.766. The van der Waals surface area contributed by atoms with Crippen LogP contribution in [0.2, 0.25) is 0 Å². The molecule has 0 heterocycles. The quantitative estimate of drug-likeness (QED) is 0.598. The predicted molar refractivity (Wildman–Crippen MR) is 61.6 cm³/mol. The first-order chi connectivity index (χ1) is 7.65. The number of aliphatic carboxylic acids is 1. The van der Waals surface area contributed by atoms with E-state index in [1.54, 1.807) is 13.8 Å². The minimum Gasteiger partial charge on any atom is -0.481 e. The second-order valence-corrected chi connectivity index (χ2v) is 6.20. The highest BCUT2D eigenvalue weighted by Gasteiger charge is 2.25. The monoisotopic (exact) mass is 266 g/mol. The lowest BCUT2D eigenvalue weighted by Gasteiger charge is -2.22. The zero-order valence-corrected chi connectivity index (χ0v) is 10.7. The molecule has 0 aromatic carbocycles. The highest BCUT2D eigenvalue weighted by molar-refractivity contribution is 7.89. The maximum atomic E-state index is 11.8. The van der Waals surface area contributed by atoms with E-state index in [-0.39, 0.29) is 12.5 Å². The van der Waals surface area contributed by atoms with Crippen molar-refractivity contribution in [3.05, 3.63) is 0 Å². The van der Waals surface area contributed by atoms with Gasteiger partial charge in [-0.2, -0.15) is 4.31 Å². The van der Waals surface area contributed by atoms with Crippen LogP contribution < -0.4 is 5.73 Å². The van der Waals surface area contributed by atoms with Crippen LogP contribution in [0.1, 0.15) is 20.3 Å². The minimum atomic E-state index is -3.76. The van der Waals surface area contributed by atoms with E-state index in [0.717, 1.165) is 4.31 Å². The SMILES string of the molecule is CC(C)CN(CC(N)=O)S(=O)(=O)CCC(=O)O. The van der Waals surface area contributed by atoms with Crippen LogP contribution in [0.4, 0.5) is 0 Å². The average Bonchev–Trinajstić information content (AvgIpc) is 2.12. The molecule has 0 saturated heterocycles. The van der Waals surface area contributed by atoms with Gasteiger partial charge in [-0.05, 0) is 5.92 Å². The zero-order valence-electron chi connectivity index (χ0n) is 9.92. The largest absolute Gasteiger partial charge is 0.481 e. The third-order valence-electron chi connectivity index (χ3n) is 1.87. The fourth-order valence-corrected chi connectivity index (χ4v) is 2.74. The van der Waals surface area contributed by atoms with Crippen LogP contribution in [-0.2, 0) is 19.6 Å². The van der Waals surface area contributed by atoms with Crippen molar-refractivity contribution in [2.45, 2.75) is 20.3 Å². The van der Waals surface area contributed by atoms with E-state index >= 15 is 0 Å². The van der Waals surface area contributed by atoms with E-state index in [9.17, 15) is 18.0 Å². The van der Waals surface area contributed by atoms with Crippen LogP contribution in [0.15, 0.2) is 0 Å². The van der Waals surface area contributed by atoms with Crippen molar-refractivity contribution in [1.29, 1.82) is 0 Å². The fraction of sp³-hybridized carbons (Fsp3) is 0.778. The molecule has 0 aromatic rings. The van der Waals surface area contributed by atoms with Crippen LogP contribution >= 0.6 is 0 Å². The van der Waals surface area contributed by atoms with Crippen molar-refractivity contribution in [2.24, 2.45) is 11.7 Å². The molecule has 3 N–H and O–H groups in total. The van der Waals surface area contributed by atoms with Gasteiger partial charge in [-0.25, -0.2) is 8.42 Å². The third kappa shape index (κ3) is 6.90. The molecule has 0 atom stereocenters. The van der Waals surface area contributed by atoms with Gasteiger partial charge in [-0.15, -0.1) is 0 Å². The van der Waals surface area contributed by atoms with Gasteiger partial charge in [-0.1, -0.05) is 13.8 Å². The van der Waals surface area contributed by atoms with Gasteiger partial charge in [0.2, 0.25) is 15.9 Å². The fourth-order valence-electron chi connectivity index (χ4n) is 1.20. The second-order valence-electron chi connectivity index (χ2n) is 4.11. The Kier molecular flexibility index (Phi) is 6.11. The van der Waals surface area contributed by atoms with Crippen LogP contribution in [0.25, 0.3) is 0 Å². The molecule has 1 amide bonds. The number of sulfonamides is 1. The van der Waals surface area contributed by atoms with Crippen molar-refractivity contribution >= 4 is 21.9 Å². The minimum absolute atomic E-state index is 0.0222. The molecule has 0 aliphatic rings. The zero-order chi connectivity index (χ0) is 13.6. The number of hydrogen-bond donors (Lipinski definition) is 2. The van der Waals surface area contributed by atoms with Gasteiger partial charge in [0.25, 0.3) is 0 Å². The summed E-state index contributed by atoms with van der Waals surface area (Å²) in [7, 11) is -3.76. The molecule has 0 spiro atoms. The van der Waals surface area contributed by atoms with E-state index in [2.05, 4.69) is 0 Å². The Balaban J connectivity index is 4.75. The summed E-state index contributed by atoms with van der Waals surface area (Å²) in [4.78, 5) is 21.1. The second kappa shape index (κ2) is 6.55. The number of carbonyl (C=O) groups is 2. The summed E-state index contributed by atoms with van der Waals surface area (Å²) < 4.78 is 24.5. The number of carboxylic acid groups (broad SMARTS) is 1. The summed E-state index contributed by atoms with van der Waals surface area (Å²) in [5.74, 6) is -2.46. The normalized spacial score (nSPS) is 12.0. The van der Waals surface area contributed by atoms with Crippen LogP contribution in [0.5, 0.6) is 0 Å². The summed E-state index contributed by atoms with van der Waals surface area (Å²) >= 11 is 0. The van der Waals surface area contributed by atoms with Gasteiger partial charge in [-0.3, -0.25) is 9.59 Å². The molecule has 0 saturated carbocycles. The number of primary amides is 1. The lowest BCUT2D eigenvalue weighted by atomic mass is 10.2. The van der Waals surface area contributed by atoms with Crippen LogP contribution in [-0.4, -0.2) is 48.5 Å². The van der Waals surface area contributed by atoms with Gasteiger partial charge in [0.05, 0.1) is 18.7 Å². The Morgan fingerprint density at radius 3 is 2.24 bits per heavy atom. The molecule has 100 valence electrons. The van der Waals surface area contributed by atoms with Crippen molar-refractivity contribution in [3.8, 4) is 0 Å². The van der Waals surface area contributed by atoms with Crippen molar-refractivity contribution in [3.63, 3.8) is 0 Å². The first kappa shape index (κ1) is 15.9. The van der Waals surface area contributed by atoms with Crippen molar-refractivity contribution in [2.75, 3.05) is 18.8 Å². The molecule has 0 fully saturated rings. The smallest absolute Gasteiger partial charge is 0.304 e. The molecule has 17 heavy (non-hydrogen) atoms. The number of rotatable bonds is 8. The number of amides is 1. The number of carboxylic acids is 1. The molecular weight excluding hydrogens is 248 g/mol. The van der Waals surface area contributed by atoms with E-state index in [0.29, 0.717) is 0 Å². The van der Waals surface area contributed by atoms with E-state index < -0.39 is 40.6 Å². The number of hydrogen-bond acceptors (Lipinski definition) is 4. The first-order valence-electron chi connectivity index (χ1n) is 5.13. The lowest BCUT2D eigenvalue weighted by molar-refractivity contribution is -0.136. The molecule has 0 aliphatic heterocycles. The molecule has 7 nitrogen and oxygen atoms in total. The number of nitrogens with two attached hydrogens (primary N) is 1. The standard InChI is InChI=1S/C9H18N2O5S/c1-7(2)5-11(6-8(10)12)17(15,16)4-3-9(13)14/h7H,3-6H2,1-2H3,(H2,10,12)(H,13,14). The molecule has 0 rings (SSSR count). The Labute approximate surface area is 101 Å². The highest BCUT2D eigenvalue weighted by atomic mass is 32.2. The van der Waals surface area contributed by atoms with Crippen LogP contribution in [0.3, 0.4) is 0 Å². The molecule has 0 bridgehead atoms. The van der Waals surface area contributed by atoms with Gasteiger partial charge in [0.1, 0.15) is 0 Å². The van der Waals surface area contributed by atoms with E-state index in [4.69, 9.17) is 10.8 Å². The van der Waals surface area contributed by atoms with E-state index in [1.165, 1.54) is 0 Å². The molecule has 0 aromatic heterocycles. The van der Waals surface area contributed by atoms with Gasteiger partial charge in [0.15, 0.2) is 0 Å². The van der Waals surface area contributed by atoms with Gasteiger partial charge >= 0.3 is 5.97 Å². The summed E-state index contributed by atoms with van der Waals surface area (Å²) in [6.07, 6.45) is -0.490. The molecule has 0 aliphatic carbocycles. The van der Waals surface area contributed by atoms with Gasteiger partial charge < -0.3 is 10.8 Å². The maximum absolute atomic E-state index is 11.8. The molecule has 8 heteroatoms. The molecule has 0 radical (unpaired) electrons. The average molecular weight is 266 g/mol. The lowest BCUT2D eigenvalue weighted by Crippen LogP contribution is -2.41. The van der Waals surface area contributed by atoms with Crippen molar-refractivity contribution in [1.82, 2.24) is 4.31 Å². The summed E-state index contributed by atoms with van der Waals surface area (Å²) in [5, 5.41) is 8.45. The first-order valence-corrected chi connectivity index (χ1v) is 6.74. The van der Waals surface area contributed by atoms with E-state index in [1.807, 2.05) is 0 Å². The Morgan fingerprint density at radius 2 is 1.88 bits per heavy atom. The summed E-state index contributed by atoms with van der Waals surface area (Å²) in [5.41, 5.74) is 4.96. The Bertz CT molecular complexity index is 377. The van der Waals surface area contributed by atoms with Gasteiger partial charge in [0, 0.05) is 6.54 Å². The van der Waals surface area contributed by atoms with Crippen LogP contribution in [0, 0.1) is 5.92 Å². The topological polar surface area (TPSA) is 118 Å². The summed E-state index contributed by atoms with van der Waals surface area (Å²) in [6.45, 7) is 3.31. The Morgan fingerprint density at radius 1 is 1.35 bits per heavy atom. The molecule has 0 unspecified atom stereocenters.